The fraction of sp³-hybridized carbons (Fsp3) is 0.588. The maximum atomic E-state index is 12.9. The molecule has 0 spiro atoms. The monoisotopic (exact) mass is 335 g/mol. The Bertz CT molecular complexity index is 597. The smallest absolute Gasteiger partial charge is 0.272 e. The van der Waals surface area contributed by atoms with Gasteiger partial charge in [-0.15, -0.1) is 0 Å². The van der Waals surface area contributed by atoms with Crippen LogP contribution in [0.5, 0.6) is 0 Å². The number of aryl methyl sites for hydroxylation is 1. The van der Waals surface area contributed by atoms with E-state index in [2.05, 4.69) is 0 Å². The standard InChI is InChI=1S/C17H25N3O4/c1-13-11-14(6-7-16(13)20(22)23)17(21)19(9-8-18(2)3)12-15-5-4-10-24-15/h6-7,11,15H,4-5,8-10,12H2,1-3H3/t15-/m0/s1. The molecule has 0 N–H and O–H groups in total. The van der Waals surface area contributed by atoms with Crippen LogP contribution < -0.4 is 0 Å². The Morgan fingerprint density at radius 3 is 2.67 bits per heavy atom. The number of rotatable bonds is 7. The van der Waals surface area contributed by atoms with Crippen molar-refractivity contribution >= 4 is 11.6 Å². The van der Waals surface area contributed by atoms with Gasteiger partial charge in [0.05, 0.1) is 11.0 Å². The van der Waals surface area contributed by atoms with E-state index in [9.17, 15) is 14.9 Å². The van der Waals surface area contributed by atoms with Crippen LogP contribution in [0.3, 0.4) is 0 Å². The van der Waals surface area contributed by atoms with Crippen LogP contribution in [-0.4, -0.2) is 67.1 Å². The second-order valence-electron chi connectivity index (χ2n) is 6.45. The molecule has 0 radical (unpaired) electrons. The lowest BCUT2D eigenvalue weighted by Gasteiger charge is -2.27. The number of carbonyl (C=O) groups excluding carboxylic acids is 1. The van der Waals surface area contributed by atoms with Gasteiger partial charge in [-0.2, -0.15) is 0 Å². The Morgan fingerprint density at radius 1 is 1.38 bits per heavy atom. The summed E-state index contributed by atoms with van der Waals surface area (Å²) in [5, 5.41) is 10.9. The average molecular weight is 335 g/mol. The molecule has 0 saturated carbocycles. The minimum Gasteiger partial charge on any atom is -0.376 e. The second kappa shape index (κ2) is 8.21. The van der Waals surface area contributed by atoms with Crippen molar-refractivity contribution in [1.29, 1.82) is 0 Å². The average Bonchev–Trinajstić information content (AvgIpc) is 3.03. The van der Waals surface area contributed by atoms with Gasteiger partial charge in [-0.05, 0) is 46.0 Å². The number of nitro benzene ring substituents is 1. The summed E-state index contributed by atoms with van der Waals surface area (Å²) in [6.07, 6.45) is 2.07. The number of benzene rings is 1. The first-order valence-corrected chi connectivity index (χ1v) is 8.19. The third-order valence-electron chi connectivity index (χ3n) is 4.19. The van der Waals surface area contributed by atoms with Crippen molar-refractivity contribution in [3.8, 4) is 0 Å². The summed E-state index contributed by atoms with van der Waals surface area (Å²) in [5.41, 5.74) is 1.01. The van der Waals surface area contributed by atoms with Crippen molar-refractivity contribution in [2.45, 2.75) is 25.9 Å². The molecule has 7 heteroatoms. The van der Waals surface area contributed by atoms with Crippen LogP contribution >= 0.6 is 0 Å². The number of carbonyl (C=O) groups is 1. The topological polar surface area (TPSA) is 75.9 Å². The SMILES string of the molecule is Cc1cc(C(=O)N(CCN(C)C)C[C@@H]2CCCO2)ccc1[N+](=O)[O-]. The van der Waals surface area contributed by atoms with Crippen molar-refractivity contribution in [2.24, 2.45) is 0 Å². The summed E-state index contributed by atoms with van der Waals surface area (Å²) < 4.78 is 5.65. The molecular weight excluding hydrogens is 310 g/mol. The van der Waals surface area contributed by atoms with E-state index in [1.807, 2.05) is 19.0 Å². The minimum absolute atomic E-state index is 0.0329. The molecule has 7 nitrogen and oxygen atoms in total. The highest BCUT2D eigenvalue weighted by Gasteiger charge is 2.24. The van der Waals surface area contributed by atoms with Crippen molar-refractivity contribution in [3.05, 3.63) is 39.4 Å². The van der Waals surface area contributed by atoms with Crippen LogP contribution in [0.25, 0.3) is 0 Å². The van der Waals surface area contributed by atoms with Gasteiger partial charge in [0.1, 0.15) is 0 Å². The molecule has 1 amide bonds. The highest BCUT2D eigenvalue weighted by atomic mass is 16.6. The molecule has 0 bridgehead atoms. The van der Waals surface area contributed by atoms with Crippen molar-refractivity contribution < 1.29 is 14.5 Å². The molecule has 132 valence electrons. The van der Waals surface area contributed by atoms with Gasteiger partial charge in [0, 0.05) is 43.4 Å². The van der Waals surface area contributed by atoms with Gasteiger partial charge in [0.2, 0.25) is 0 Å². The highest BCUT2D eigenvalue weighted by molar-refractivity contribution is 5.94. The molecule has 1 fully saturated rings. The predicted molar refractivity (Wildman–Crippen MR) is 91.3 cm³/mol. The van der Waals surface area contributed by atoms with Gasteiger partial charge in [-0.1, -0.05) is 0 Å². The number of amides is 1. The van der Waals surface area contributed by atoms with Gasteiger partial charge in [-0.25, -0.2) is 0 Å². The molecular formula is C17H25N3O4. The minimum atomic E-state index is -0.431. The maximum Gasteiger partial charge on any atom is 0.272 e. The Kier molecular flexibility index (Phi) is 6.28. The van der Waals surface area contributed by atoms with Gasteiger partial charge in [0.15, 0.2) is 0 Å². The van der Waals surface area contributed by atoms with E-state index in [1.165, 1.54) is 12.1 Å². The van der Waals surface area contributed by atoms with E-state index in [0.29, 0.717) is 24.2 Å². The van der Waals surface area contributed by atoms with Crippen LogP contribution in [0.1, 0.15) is 28.8 Å². The molecule has 1 saturated heterocycles. The normalized spacial score (nSPS) is 17.2. The van der Waals surface area contributed by atoms with Gasteiger partial charge in [0.25, 0.3) is 11.6 Å². The summed E-state index contributed by atoms with van der Waals surface area (Å²) >= 11 is 0. The summed E-state index contributed by atoms with van der Waals surface area (Å²) in [5.74, 6) is -0.106. The van der Waals surface area contributed by atoms with Crippen LogP contribution in [0.4, 0.5) is 5.69 Å². The van der Waals surface area contributed by atoms with Gasteiger partial charge >= 0.3 is 0 Å². The van der Waals surface area contributed by atoms with E-state index < -0.39 is 4.92 Å². The van der Waals surface area contributed by atoms with Crippen molar-refractivity contribution in [1.82, 2.24) is 9.80 Å². The third-order valence-corrected chi connectivity index (χ3v) is 4.19. The third kappa shape index (κ3) is 4.75. The van der Waals surface area contributed by atoms with Crippen LogP contribution in [0.2, 0.25) is 0 Å². The van der Waals surface area contributed by atoms with E-state index in [1.54, 1.807) is 17.9 Å². The number of nitro groups is 1. The molecule has 2 rings (SSSR count). The lowest BCUT2D eigenvalue weighted by molar-refractivity contribution is -0.385. The Morgan fingerprint density at radius 2 is 2.12 bits per heavy atom. The number of hydrogen-bond donors (Lipinski definition) is 0. The first-order chi connectivity index (χ1) is 11.4. The molecule has 1 aliphatic heterocycles. The first kappa shape index (κ1) is 18.4. The number of nitrogens with zero attached hydrogens (tertiary/aromatic N) is 3. The fourth-order valence-electron chi connectivity index (χ4n) is 2.81. The zero-order valence-electron chi connectivity index (χ0n) is 14.5. The summed E-state index contributed by atoms with van der Waals surface area (Å²) in [6.45, 7) is 4.31. The predicted octanol–water partition coefficient (Wildman–Crippen LogP) is 2.09. The van der Waals surface area contributed by atoms with Gasteiger partial charge < -0.3 is 14.5 Å². The zero-order chi connectivity index (χ0) is 17.7. The Balaban J connectivity index is 2.15. The zero-order valence-corrected chi connectivity index (χ0v) is 14.5. The molecule has 0 aliphatic carbocycles. The molecule has 0 aromatic heterocycles. The van der Waals surface area contributed by atoms with Crippen LogP contribution in [0, 0.1) is 17.0 Å². The molecule has 1 atom stereocenters. The molecule has 1 heterocycles. The summed E-state index contributed by atoms with van der Waals surface area (Å²) in [4.78, 5) is 27.2. The fourth-order valence-corrected chi connectivity index (χ4v) is 2.81. The quantitative estimate of drug-likeness (QED) is 0.563. The summed E-state index contributed by atoms with van der Waals surface area (Å²) in [7, 11) is 3.93. The molecule has 0 unspecified atom stereocenters. The van der Waals surface area contributed by atoms with Crippen molar-refractivity contribution in [3.63, 3.8) is 0 Å². The van der Waals surface area contributed by atoms with Gasteiger partial charge in [-0.3, -0.25) is 14.9 Å². The lowest BCUT2D eigenvalue weighted by atomic mass is 10.1. The molecule has 1 aromatic rings. The molecule has 1 aromatic carbocycles. The number of likely N-dealkylation sites (N-methyl/N-ethyl adjacent to an activating group) is 1. The summed E-state index contributed by atoms with van der Waals surface area (Å²) in [6, 6.07) is 4.53. The second-order valence-corrected chi connectivity index (χ2v) is 6.45. The van der Waals surface area contributed by atoms with Crippen LogP contribution in [0.15, 0.2) is 18.2 Å². The lowest BCUT2D eigenvalue weighted by Crippen LogP contribution is -2.41. The van der Waals surface area contributed by atoms with E-state index in [0.717, 1.165) is 26.0 Å². The number of hydrogen-bond acceptors (Lipinski definition) is 5. The Labute approximate surface area is 142 Å². The maximum absolute atomic E-state index is 12.9. The van der Waals surface area contributed by atoms with E-state index in [-0.39, 0.29) is 17.7 Å². The molecule has 24 heavy (non-hydrogen) atoms. The van der Waals surface area contributed by atoms with E-state index in [4.69, 9.17) is 4.74 Å². The largest absolute Gasteiger partial charge is 0.376 e. The molecule has 1 aliphatic rings. The first-order valence-electron chi connectivity index (χ1n) is 8.19. The van der Waals surface area contributed by atoms with Crippen LogP contribution in [-0.2, 0) is 4.74 Å². The number of ether oxygens (including phenoxy) is 1. The van der Waals surface area contributed by atoms with E-state index >= 15 is 0 Å². The highest BCUT2D eigenvalue weighted by Crippen LogP contribution is 2.21. The Hall–Kier alpha value is -1.99. The van der Waals surface area contributed by atoms with Crippen molar-refractivity contribution in [2.75, 3.05) is 40.3 Å².